The van der Waals surface area contributed by atoms with Gasteiger partial charge in [-0.05, 0) is 37.6 Å². The van der Waals surface area contributed by atoms with Gasteiger partial charge in [-0.2, -0.15) is 8.78 Å². The number of pyridine rings is 1. The lowest BCUT2D eigenvalue weighted by atomic mass is 10.2. The van der Waals surface area contributed by atoms with Gasteiger partial charge in [0.2, 0.25) is 5.88 Å². The fourth-order valence-corrected chi connectivity index (χ4v) is 1.98. The minimum Gasteiger partial charge on any atom is -0.417 e. The van der Waals surface area contributed by atoms with E-state index in [0.29, 0.717) is 22.5 Å². The van der Waals surface area contributed by atoms with Crippen LogP contribution in [-0.2, 0) is 6.54 Å². The molecule has 2 aromatic rings. The molecule has 2 rings (SSSR count). The first-order chi connectivity index (χ1) is 10.3. The molecular formula is C15H14F4N2O. The molecule has 0 bridgehead atoms. The molecule has 3 nitrogen and oxygen atoms in total. The number of nitrogens with one attached hydrogen (secondary N) is 1. The summed E-state index contributed by atoms with van der Waals surface area (Å²) in [7, 11) is 0. The van der Waals surface area contributed by atoms with Crippen LogP contribution in [0.25, 0.3) is 0 Å². The molecule has 1 aromatic carbocycles. The third-order valence-electron chi connectivity index (χ3n) is 2.96. The van der Waals surface area contributed by atoms with Crippen LogP contribution in [0.2, 0.25) is 0 Å². The molecule has 1 heterocycles. The van der Waals surface area contributed by atoms with E-state index in [1.54, 1.807) is 19.9 Å². The highest BCUT2D eigenvalue weighted by molar-refractivity contribution is 5.52. The minimum atomic E-state index is -2.94. The number of anilines is 1. The molecule has 0 saturated heterocycles. The SMILES string of the molecule is Cc1cc(NCc2cc(F)cc(F)c2)c(C)nc1OC(F)F. The monoisotopic (exact) mass is 314 g/mol. The van der Waals surface area contributed by atoms with Crippen LogP contribution in [0.3, 0.4) is 0 Å². The summed E-state index contributed by atoms with van der Waals surface area (Å²) in [4.78, 5) is 3.95. The molecule has 7 heteroatoms. The Kier molecular flexibility index (Phi) is 4.85. The van der Waals surface area contributed by atoms with Gasteiger partial charge in [0.15, 0.2) is 0 Å². The van der Waals surface area contributed by atoms with E-state index in [1.807, 2.05) is 0 Å². The highest BCUT2D eigenvalue weighted by atomic mass is 19.3. The molecule has 0 aliphatic carbocycles. The Balaban J connectivity index is 2.14. The summed E-state index contributed by atoms with van der Waals surface area (Å²) in [5.74, 6) is -1.47. The van der Waals surface area contributed by atoms with Gasteiger partial charge in [-0.1, -0.05) is 0 Å². The Morgan fingerprint density at radius 1 is 1.09 bits per heavy atom. The van der Waals surface area contributed by atoms with Gasteiger partial charge >= 0.3 is 6.61 Å². The Bertz CT molecular complexity index is 657. The summed E-state index contributed by atoms with van der Waals surface area (Å²) in [5.41, 5.74) is 1.86. The van der Waals surface area contributed by atoms with E-state index < -0.39 is 18.2 Å². The predicted molar refractivity (Wildman–Crippen MR) is 74.0 cm³/mol. The number of ether oxygens (including phenoxy) is 1. The van der Waals surface area contributed by atoms with Crippen LogP contribution in [0.5, 0.6) is 5.88 Å². The molecule has 1 aromatic heterocycles. The molecular weight excluding hydrogens is 300 g/mol. The zero-order valence-electron chi connectivity index (χ0n) is 12.0. The Labute approximate surface area is 124 Å². The molecule has 0 amide bonds. The van der Waals surface area contributed by atoms with Crippen molar-refractivity contribution in [1.82, 2.24) is 4.98 Å². The van der Waals surface area contributed by atoms with Gasteiger partial charge in [-0.3, -0.25) is 0 Å². The highest BCUT2D eigenvalue weighted by Gasteiger charge is 2.12. The topological polar surface area (TPSA) is 34.2 Å². The second-order valence-corrected chi connectivity index (χ2v) is 4.75. The number of nitrogens with zero attached hydrogens (tertiary/aromatic N) is 1. The lowest BCUT2D eigenvalue weighted by Crippen LogP contribution is -2.08. The molecule has 0 fully saturated rings. The van der Waals surface area contributed by atoms with E-state index in [9.17, 15) is 17.6 Å². The van der Waals surface area contributed by atoms with E-state index in [0.717, 1.165) is 6.07 Å². The highest BCUT2D eigenvalue weighted by Crippen LogP contribution is 2.24. The number of alkyl halides is 2. The minimum absolute atomic E-state index is 0.144. The molecule has 0 unspecified atom stereocenters. The fourth-order valence-electron chi connectivity index (χ4n) is 1.98. The summed E-state index contributed by atoms with van der Waals surface area (Å²) < 4.78 is 55.0. The van der Waals surface area contributed by atoms with Crippen molar-refractivity contribution < 1.29 is 22.3 Å². The number of benzene rings is 1. The van der Waals surface area contributed by atoms with Crippen molar-refractivity contribution in [2.75, 3.05) is 5.32 Å². The molecule has 0 spiro atoms. The lowest BCUT2D eigenvalue weighted by molar-refractivity contribution is -0.0533. The van der Waals surface area contributed by atoms with E-state index >= 15 is 0 Å². The van der Waals surface area contributed by atoms with Crippen LogP contribution in [0.15, 0.2) is 24.3 Å². The Morgan fingerprint density at radius 2 is 1.73 bits per heavy atom. The van der Waals surface area contributed by atoms with Crippen LogP contribution in [0.1, 0.15) is 16.8 Å². The zero-order chi connectivity index (χ0) is 16.3. The third kappa shape index (κ3) is 4.09. The number of aromatic nitrogens is 1. The van der Waals surface area contributed by atoms with E-state index in [2.05, 4.69) is 15.0 Å². The normalized spacial score (nSPS) is 10.9. The van der Waals surface area contributed by atoms with Gasteiger partial charge in [0.05, 0.1) is 11.4 Å². The molecule has 118 valence electrons. The summed E-state index contributed by atoms with van der Waals surface area (Å²) >= 11 is 0. The van der Waals surface area contributed by atoms with Gasteiger partial charge < -0.3 is 10.1 Å². The number of hydrogen-bond acceptors (Lipinski definition) is 3. The third-order valence-corrected chi connectivity index (χ3v) is 2.96. The second-order valence-electron chi connectivity index (χ2n) is 4.75. The molecule has 0 atom stereocenters. The van der Waals surface area contributed by atoms with Crippen molar-refractivity contribution in [2.45, 2.75) is 27.0 Å². The van der Waals surface area contributed by atoms with Gasteiger partial charge in [0.25, 0.3) is 0 Å². The van der Waals surface area contributed by atoms with Gasteiger partial charge in [-0.15, -0.1) is 0 Å². The maximum Gasteiger partial charge on any atom is 0.388 e. The molecule has 1 N–H and O–H groups in total. The number of rotatable bonds is 5. The van der Waals surface area contributed by atoms with Gasteiger partial charge in [0.1, 0.15) is 11.6 Å². The van der Waals surface area contributed by atoms with Gasteiger partial charge in [-0.25, -0.2) is 13.8 Å². The fraction of sp³-hybridized carbons (Fsp3) is 0.267. The first kappa shape index (κ1) is 16.1. The largest absolute Gasteiger partial charge is 0.417 e. The molecule has 0 saturated carbocycles. The standard InChI is InChI=1S/C15H14F4N2O/c1-8-3-13(9(2)21-14(8)22-15(18)19)20-7-10-4-11(16)6-12(17)5-10/h3-6,15,20H,7H2,1-2H3. The molecule has 0 aliphatic rings. The first-order valence-corrected chi connectivity index (χ1v) is 6.47. The maximum absolute atomic E-state index is 13.1. The quantitative estimate of drug-likeness (QED) is 0.840. The van der Waals surface area contributed by atoms with Gasteiger partial charge in [0, 0.05) is 18.2 Å². The second kappa shape index (κ2) is 6.64. The average Bonchev–Trinajstić information content (AvgIpc) is 2.39. The van der Waals surface area contributed by atoms with Crippen molar-refractivity contribution in [3.8, 4) is 5.88 Å². The van der Waals surface area contributed by atoms with Crippen LogP contribution in [-0.4, -0.2) is 11.6 Å². The Morgan fingerprint density at radius 3 is 2.32 bits per heavy atom. The van der Waals surface area contributed by atoms with Crippen molar-refractivity contribution in [1.29, 1.82) is 0 Å². The zero-order valence-corrected chi connectivity index (χ0v) is 12.0. The van der Waals surface area contributed by atoms with Crippen LogP contribution in [0, 0.1) is 25.5 Å². The lowest BCUT2D eigenvalue weighted by Gasteiger charge is -2.13. The average molecular weight is 314 g/mol. The van der Waals surface area contributed by atoms with Crippen molar-refractivity contribution in [2.24, 2.45) is 0 Å². The maximum atomic E-state index is 13.1. The predicted octanol–water partition coefficient (Wildman–Crippen LogP) is 4.19. The van der Waals surface area contributed by atoms with Crippen molar-refractivity contribution in [3.05, 3.63) is 52.7 Å². The van der Waals surface area contributed by atoms with Crippen molar-refractivity contribution >= 4 is 5.69 Å². The summed E-state index contributed by atoms with van der Waals surface area (Å²) in [6.45, 7) is 0.425. The first-order valence-electron chi connectivity index (χ1n) is 6.47. The van der Waals surface area contributed by atoms with Crippen LogP contribution in [0.4, 0.5) is 23.2 Å². The smallest absolute Gasteiger partial charge is 0.388 e. The Hall–Kier alpha value is -2.31. The summed E-state index contributed by atoms with van der Waals surface area (Å²) in [5, 5.41) is 2.97. The summed E-state index contributed by atoms with van der Waals surface area (Å²) in [6.07, 6.45) is 0. The molecule has 0 radical (unpaired) electrons. The molecule has 22 heavy (non-hydrogen) atoms. The summed E-state index contributed by atoms with van der Waals surface area (Å²) in [6, 6.07) is 4.80. The van der Waals surface area contributed by atoms with Crippen molar-refractivity contribution in [3.63, 3.8) is 0 Å². The van der Waals surface area contributed by atoms with Crippen LogP contribution >= 0.6 is 0 Å². The van der Waals surface area contributed by atoms with E-state index in [1.165, 1.54) is 12.1 Å². The number of aryl methyl sites for hydroxylation is 2. The molecule has 0 aliphatic heterocycles. The number of halogens is 4. The van der Waals surface area contributed by atoms with Crippen LogP contribution < -0.4 is 10.1 Å². The van der Waals surface area contributed by atoms with E-state index in [-0.39, 0.29) is 12.4 Å². The number of hydrogen-bond donors (Lipinski definition) is 1. The van der Waals surface area contributed by atoms with E-state index in [4.69, 9.17) is 0 Å².